The number of halogens is 1. The van der Waals surface area contributed by atoms with Crippen LogP contribution in [-0.4, -0.2) is 29.3 Å². The largest absolute Gasteiger partial charge is 0.342 e. The molecule has 3 heteroatoms. The van der Waals surface area contributed by atoms with Crippen LogP contribution in [0.2, 0.25) is 0 Å². The molecule has 1 heterocycles. The average molecular weight is 204 g/mol. The Labute approximate surface area is 85.2 Å². The summed E-state index contributed by atoms with van der Waals surface area (Å²) in [5, 5.41) is 0.279. The number of alkyl halides is 1. The van der Waals surface area contributed by atoms with Crippen LogP contribution in [-0.2, 0) is 4.79 Å². The van der Waals surface area contributed by atoms with E-state index in [4.69, 9.17) is 11.6 Å². The van der Waals surface area contributed by atoms with E-state index >= 15 is 0 Å². The SMILES string of the molecule is CCC(C)C(=O)N1CCC(Cl)CC1. The third kappa shape index (κ3) is 2.87. The van der Waals surface area contributed by atoms with Gasteiger partial charge in [0.15, 0.2) is 0 Å². The van der Waals surface area contributed by atoms with Crippen molar-refractivity contribution in [3.63, 3.8) is 0 Å². The summed E-state index contributed by atoms with van der Waals surface area (Å²) in [5.41, 5.74) is 0. The van der Waals surface area contributed by atoms with Crippen LogP contribution < -0.4 is 0 Å². The highest BCUT2D eigenvalue weighted by Gasteiger charge is 2.23. The molecule has 1 aliphatic rings. The van der Waals surface area contributed by atoms with Gasteiger partial charge < -0.3 is 4.90 Å². The lowest BCUT2D eigenvalue weighted by Gasteiger charge is -2.31. The Kier molecular flexibility index (Phi) is 4.04. The lowest BCUT2D eigenvalue weighted by atomic mass is 10.0. The van der Waals surface area contributed by atoms with Crippen molar-refractivity contribution in [1.29, 1.82) is 0 Å². The van der Waals surface area contributed by atoms with Gasteiger partial charge in [-0.05, 0) is 19.3 Å². The Morgan fingerprint density at radius 1 is 1.54 bits per heavy atom. The highest BCUT2D eigenvalue weighted by molar-refractivity contribution is 6.20. The van der Waals surface area contributed by atoms with E-state index in [2.05, 4.69) is 6.92 Å². The molecule has 1 aliphatic heterocycles. The molecule has 1 rings (SSSR count). The molecule has 0 aromatic heterocycles. The lowest BCUT2D eigenvalue weighted by Crippen LogP contribution is -2.41. The molecule has 0 aromatic carbocycles. The molecule has 0 N–H and O–H groups in total. The number of carbonyl (C=O) groups is 1. The number of piperidine rings is 1. The van der Waals surface area contributed by atoms with Crippen molar-refractivity contribution in [1.82, 2.24) is 4.90 Å². The maximum atomic E-state index is 11.7. The molecule has 13 heavy (non-hydrogen) atoms. The fourth-order valence-electron chi connectivity index (χ4n) is 1.55. The Hall–Kier alpha value is -0.240. The first-order valence-electron chi connectivity index (χ1n) is 5.08. The number of amides is 1. The predicted octanol–water partition coefficient (Wildman–Crippen LogP) is 2.26. The molecule has 1 unspecified atom stereocenters. The minimum Gasteiger partial charge on any atom is -0.342 e. The van der Waals surface area contributed by atoms with Crippen molar-refractivity contribution in [2.45, 2.75) is 38.5 Å². The van der Waals surface area contributed by atoms with Gasteiger partial charge in [0, 0.05) is 24.4 Å². The van der Waals surface area contributed by atoms with Crippen LogP contribution in [0.5, 0.6) is 0 Å². The van der Waals surface area contributed by atoms with Gasteiger partial charge in [0.2, 0.25) is 5.91 Å². The Bertz CT molecular complexity index is 176. The van der Waals surface area contributed by atoms with Gasteiger partial charge in [-0.15, -0.1) is 11.6 Å². The van der Waals surface area contributed by atoms with Crippen molar-refractivity contribution in [3.8, 4) is 0 Å². The number of nitrogens with zero attached hydrogens (tertiary/aromatic N) is 1. The number of rotatable bonds is 2. The standard InChI is InChI=1S/C10H18ClNO/c1-3-8(2)10(13)12-6-4-9(11)5-7-12/h8-9H,3-7H2,1-2H3. The first kappa shape index (κ1) is 10.8. The molecule has 0 bridgehead atoms. The summed E-state index contributed by atoms with van der Waals surface area (Å²) in [6, 6.07) is 0. The third-order valence-electron chi connectivity index (χ3n) is 2.77. The molecule has 0 aliphatic carbocycles. The minimum atomic E-state index is 0.173. The summed E-state index contributed by atoms with van der Waals surface area (Å²) in [5.74, 6) is 0.470. The van der Waals surface area contributed by atoms with Crippen molar-refractivity contribution in [2.24, 2.45) is 5.92 Å². The lowest BCUT2D eigenvalue weighted by molar-refractivity contribution is -0.135. The molecular weight excluding hydrogens is 186 g/mol. The zero-order valence-corrected chi connectivity index (χ0v) is 9.18. The molecule has 1 saturated heterocycles. The zero-order valence-electron chi connectivity index (χ0n) is 8.42. The highest BCUT2D eigenvalue weighted by Crippen LogP contribution is 2.18. The van der Waals surface area contributed by atoms with E-state index in [0.29, 0.717) is 5.91 Å². The van der Waals surface area contributed by atoms with E-state index in [0.717, 1.165) is 32.4 Å². The van der Waals surface area contributed by atoms with Gasteiger partial charge in [-0.3, -0.25) is 4.79 Å². The van der Waals surface area contributed by atoms with Crippen molar-refractivity contribution in [2.75, 3.05) is 13.1 Å². The van der Waals surface area contributed by atoms with E-state index in [1.165, 1.54) is 0 Å². The topological polar surface area (TPSA) is 20.3 Å². The van der Waals surface area contributed by atoms with Crippen LogP contribution in [0.3, 0.4) is 0 Å². The maximum Gasteiger partial charge on any atom is 0.225 e. The van der Waals surface area contributed by atoms with Gasteiger partial charge in [0.05, 0.1) is 0 Å². The molecule has 0 aromatic rings. The molecule has 0 radical (unpaired) electrons. The zero-order chi connectivity index (χ0) is 9.84. The normalized spacial score (nSPS) is 21.6. The summed E-state index contributed by atoms with van der Waals surface area (Å²) < 4.78 is 0. The fraction of sp³-hybridized carbons (Fsp3) is 0.900. The quantitative estimate of drug-likeness (QED) is 0.631. The molecule has 76 valence electrons. The smallest absolute Gasteiger partial charge is 0.225 e. The highest BCUT2D eigenvalue weighted by atomic mass is 35.5. The predicted molar refractivity (Wildman–Crippen MR) is 54.9 cm³/mol. The second kappa shape index (κ2) is 4.85. The molecule has 0 saturated carbocycles. The van der Waals surface area contributed by atoms with Crippen LogP contribution in [0.1, 0.15) is 33.1 Å². The van der Waals surface area contributed by atoms with Gasteiger partial charge in [-0.1, -0.05) is 13.8 Å². The fourth-order valence-corrected chi connectivity index (χ4v) is 1.75. The van der Waals surface area contributed by atoms with Crippen molar-refractivity contribution < 1.29 is 4.79 Å². The Morgan fingerprint density at radius 3 is 2.54 bits per heavy atom. The summed E-state index contributed by atoms with van der Waals surface area (Å²) in [6.45, 7) is 5.74. The van der Waals surface area contributed by atoms with E-state index in [1.54, 1.807) is 0 Å². The van der Waals surface area contributed by atoms with E-state index in [1.807, 2.05) is 11.8 Å². The second-order valence-corrected chi connectivity index (χ2v) is 4.43. The summed E-state index contributed by atoms with van der Waals surface area (Å²) in [6.07, 6.45) is 2.83. The van der Waals surface area contributed by atoms with Crippen LogP contribution in [0.25, 0.3) is 0 Å². The number of hydrogen-bond donors (Lipinski definition) is 0. The van der Waals surface area contributed by atoms with E-state index in [-0.39, 0.29) is 11.3 Å². The van der Waals surface area contributed by atoms with Gasteiger partial charge >= 0.3 is 0 Å². The summed E-state index contributed by atoms with van der Waals surface area (Å²) in [7, 11) is 0. The molecule has 0 spiro atoms. The van der Waals surface area contributed by atoms with E-state index in [9.17, 15) is 4.79 Å². The Balaban J connectivity index is 2.40. The first-order chi connectivity index (χ1) is 6.15. The molecular formula is C10H18ClNO. The summed E-state index contributed by atoms with van der Waals surface area (Å²) >= 11 is 5.96. The molecule has 1 atom stereocenters. The van der Waals surface area contributed by atoms with Gasteiger partial charge in [-0.25, -0.2) is 0 Å². The van der Waals surface area contributed by atoms with Crippen LogP contribution in [0, 0.1) is 5.92 Å². The molecule has 1 amide bonds. The van der Waals surface area contributed by atoms with Gasteiger partial charge in [0.1, 0.15) is 0 Å². The van der Waals surface area contributed by atoms with Crippen LogP contribution >= 0.6 is 11.6 Å². The number of likely N-dealkylation sites (tertiary alicyclic amines) is 1. The monoisotopic (exact) mass is 203 g/mol. The summed E-state index contributed by atoms with van der Waals surface area (Å²) in [4.78, 5) is 13.7. The maximum absolute atomic E-state index is 11.7. The Morgan fingerprint density at radius 2 is 2.08 bits per heavy atom. The number of carbonyl (C=O) groups excluding carboxylic acids is 1. The third-order valence-corrected chi connectivity index (χ3v) is 3.21. The average Bonchev–Trinajstić information content (AvgIpc) is 2.17. The second-order valence-electron chi connectivity index (χ2n) is 3.81. The number of hydrogen-bond acceptors (Lipinski definition) is 1. The van der Waals surface area contributed by atoms with Crippen LogP contribution in [0.4, 0.5) is 0 Å². The first-order valence-corrected chi connectivity index (χ1v) is 5.51. The van der Waals surface area contributed by atoms with Gasteiger partial charge in [-0.2, -0.15) is 0 Å². The van der Waals surface area contributed by atoms with Crippen molar-refractivity contribution >= 4 is 17.5 Å². The molecule has 1 fully saturated rings. The van der Waals surface area contributed by atoms with E-state index < -0.39 is 0 Å². The van der Waals surface area contributed by atoms with Crippen molar-refractivity contribution in [3.05, 3.63) is 0 Å². The van der Waals surface area contributed by atoms with Gasteiger partial charge in [0.25, 0.3) is 0 Å². The molecule has 2 nitrogen and oxygen atoms in total. The minimum absolute atomic E-state index is 0.173. The van der Waals surface area contributed by atoms with Crippen LogP contribution in [0.15, 0.2) is 0 Å².